The number of hydrogen-bond acceptors (Lipinski definition) is 1. The molecule has 0 bridgehead atoms. The van der Waals surface area contributed by atoms with Gasteiger partial charge in [-0.05, 0) is 24.6 Å². The summed E-state index contributed by atoms with van der Waals surface area (Å²) in [6.07, 6.45) is 0.940. The van der Waals surface area contributed by atoms with Gasteiger partial charge in [-0.2, -0.15) is 0 Å². The SMILES string of the molecule is CCCNC(=O)c1cccc2[nH]c3ccccc3c12. The van der Waals surface area contributed by atoms with Crippen molar-refractivity contribution in [2.24, 2.45) is 0 Å². The average molecular weight is 252 g/mol. The van der Waals surface area contributed by atoms with Gasteiger partial charge >= 0.3 is 0 Å². The molecule has 0 fully saturated rings. The standard InChI is InChI=1S/C16H16N2O/c1-2-10-17-16(19)12-7-5-9-14-15(12)11-6-3-4-8-13(11)18-14/h3-9,18H,2,10H2,1H3,(H,17,19). The normalized spacial score (nSPS) is 11.0. The number of amides is 1. The van der Waals surface area contributed by atoms with Crippen molar-refractivity contribution in [1.82, 2.24) is 10.3 Å². The van der Waals surface area contributed by atoms with E-state index in [4.69, 9.17) is 0 Å². The van der Waals surface area contributed by atoms with Crippen molar-refractivity contribution < 1.29 is 4.79 Å². The molecule has 0 radical (unpaired) electrons. The Morgan fingerprint density at radius 2 is 1.89 bits per heavy atom. The Bertz CT molecular complexity index is 743. The first-order valence-corrected chi connectivity index (χ1v) is 6.59. The summed E-state index contributed by atoms with van der Waals surface area (Å²) in [4.78, 5) is 15.6. The zero-order valence-electron chi connectivity index (χ0n) is 10.9. The van der Waals surface area contributed by atoms with Crippen molar-refractivity contribution in [3.63, 3.8) is 0 Å². The molecule has 0 unspecified atom stereocenters. The Morgan fingerprint density at radius 3 is 2.74 bits per heavy atom. The fourth-order valence-electron chi connectivity index (χ4n) is 2.42. The third-order valence-electron chi connectivity index (χ3n) is 3.31. The van der Waals surface area contributed by atoms with Gasteiger partial charge in [0.25, 0.3) is 5.91 Å². The number of rotatable bonds is 3. The van der Waals surface area contributed by atoms with Gasteiger partial charge < -0.3 is 10.3 Å². The van der Waals surface area contributed by atoms with Gasteiger partial charge in [0.1, 0.15) is 0 Å². The molecule has 0 aliphatic heterocycles. The highest BCUT2D eigenvalue weighted by Gasteiger charge is 2.13. The summed E-state index contributed by atoms with van der Waals surface area (Å²) >= 11 is 0. The Morgan fingerprint density at radius 1 is 1.11 bits per heavy atom. The van der Waals surface area contributed by atoms with E-state index in [1.807, 2.05) is 49.4 Å². The predicted octanol–water partition coefficient (Wildman–Crippen LogP) is 3.46. The zero-order valence-corrected chi connectivity index (χ0v) is 10.9. The van der Waals surface area contributed by atoms with Crippen LogP contribution in [0, 0.1) is 0 Å². The summed E-state index contributed by atoms with van der Waals surface area (Å²) in [5, 5.41) is 5.05. The van der Waals surface area contributed by atoms with Crippen molar-refractivity contribution >= 4 is 27.7 Å². The van der Waals surface area contributed by atoms with Gasteiger partial charge in [-0.25, -0.2) is 0 Å². The largest absolute Gasteiger partial charge is 0.354 e. The molecule has 96 valence electrons. The minimum Gasteiger partial charge on any atom is -0.354 e. The molecule has 3 rings (SSSR count). The molecule has 2 N–H and O–H groups in total. The van der Waals surface area contributed by atoms with E-state index < -0.39 is 0 Å². The van der Waals surface area contributed by atoms with Crippen molar-refractivity contribution in [3.8, 4) is 0 Å². The topological polar surface area (TPSA) is 44.9 Å². The highest BCUT2D eigenvalue weighted by Crippen LogP contribution is 2.28. The quantitative estimate of drug-likeness (QED) is 0.736. The molecule has 2 aromatic carbocycles. The van der Waals surface area contributed by atoms with Crippen LogP contribution in [0.25, 0.3) is 21.8 Å². The van der Waals surface area contributed by atoms with Gasteiger partial charge in [0.15, 0.2) is 0 Å². The number of carbonyl (C=O) groups excluding carboxylic acids is 1. The van der Waals surface area contributed by atoms with Crippen LogP contribution in [0.15, 0.2) is 42.5 Å². The maximum Gasteiger partial charge on any atom is 0.251 e. The zero-order chi connectivity index (χ0) is 13.2. The number of H-pyrrole nitrogens is 1. The summed E-state index contributed by atoms with van der Waals surface area (Å²) in [6, 6.07) is 13.9. The molecule has 3 aromatic rings. The van der Waals surface area contributed by atoms with Gasteiger partial charge in [0.2, 0.25) is 0 Å². The smallest absolute Gasteiger partial charge is 0.251 e. The molecule has 0 saturated heterocycles. The molecule has 1 amide bonds. The maximum absolute atomic E-state index is 12.2. The first kappa shape index (κ1) is 11.8. The molecule has 0 aliphatic rings. The summed E-state index contributed by atoms with van der Waals surface area (Å²) in [5.74, 6) is -0.00259. The van der Waals surface area contributed by atoms with Crippen LogP contribution in [-0.4, -0.2) is 17.4 Å². The first-order valence-electron chi connectivity index (χ1n) is 6.59. The van der Waals surface area contributed by atoms with Crippen molar-refractivity contribution in [1.29, 1.82) is 0 Å². The number of aromatic amines is 1. The fraction of sp³-hybridized carbons (Fsp3) is 0.188. The second-order valence-corrected chi connectivity index (χ2v) is 4.65. The molecule has 0 saturated carbocycles. The van der Waals surface area contributed by atoms with Crippen molar-refractivity contribution in [2.75, 3.05) is 6.54 Å². The number of para-hydroxylation sites is 1. The number of fused-ring (bicyclic) bond motifs is 3. The molecule has 0 aliphatic carbocycles. The van der Waals surface area contributed by atoms with Crippen LogP contribution >= 0.6 is 0 Å². The molecule has 19 heavy (non-hydrogen) atoms. The summed E-state index contributed by atoms with van der Waals surface area (Å²) in [6.45, 7) is 2.75. The molecule has 3 heteroatoms. The van der Waals surface area contributed by atoms with E-state index in [9.17, 15) is 4.79 Å². The number of benzene rings is 2. The van der Waals surface area contributed by atoms with Crippen LogP contribution in [0.1, 0.15) is 23.7 Å². The molecular formula is C16H16N2O. The van der Waals surface area contributed by atoms with Crippen LogP contribution in [0.4, 0.5) is 0 Å². The third kappa shape index (κ3) is 1.97. The van der Waals surface area contributed by atoms with E-state index in [1.54, 1.807) is 0 Å². The maximum atomic E-state index is 12.2. The van der Waals surface area contributed by atoms with E-state index in [0.29, 0.717) is 6.54 Å². The predicted molar refractivity (Wildman–Crippen MR) is 78.4 cm³/mol. The lowest BCUT2D eigenvalue weighted by Crippen LogP contribution is -2.24. The molecule has 0 atom stereocenters. The lowest BCUT2D eigenvalue weighted by molar-refractivity contribution is 0.0955. The minimum atomic E-state index is -0.00259. The van der Waals surface area contributed by atoms with Gasteiger partial charge in [-0.15, -0.1) is 0 Å². The average Bonchev–Trinajstić information content (AvgIpc) is 2.83. The van der Waals surface area contributed by atoms with Crippen LogP contribution in [-0.2, 0) is 0 Å². The van der Waals surface area contributed by atoms with Crippen LogP contribution in [0.5, 0.6) is 0 Å². The molecule has 1 heterocycles. The monoisotopic (exact) mass is 252 g/mol. The van der Waals surface area contributed by atoms with E-state index in [1.165, 1.54) is 0 Å². The number of nitrogens with one attached hydrogen (secondary N) is 2. The van der Waals surface area contributed by atoms with E-state index >= 15 is 0 Å². The first-order chi connectivity index (χ1) is 9.31. The van der Waals surface area contributed by atoms with Gasteiger partial charge in [-0.1, -0.05) is 31.2 Å². The summed E-state index contributed by atoms with van der Waals surface area (Å²) < 4.78 is 0. The highest BCUT2D eigenvalue weighted by atomic mass is 16.1. The van der Waals surface area contributed by atoms with E-state index in [2.05, 4.69) is 10.3 Å². The minimum absolute atomic E-state index is 0.00259. The van der Waals surface area contributed by atoms with E-state index in [-0.39, 0.29) is 5.91 Å². The highest BCUT2D eigenvalue weighted by molar-refractivity contribution is 6.17. The molecule has 3 nitrogen and oxygen atoms in total. The number of hydrogen-bond donors (Lipinski definition) is 2. The fourth-order valence-corrected chi connectivity index (χ4v) is 2.42. The Kier molecular flexibility index (Phi) is 2.95. The lowest BCUT2D eigenvalue weighted by atomic mass is 10.1. The van der Waals surface area contributed by atoms with Crippen LogP contribution < -0.4 is 5.32 Å². The number of carbonyl (C=O) groups is 1. The second-order valence-electron chi connectivity index (χ2n) is 4.65. The lowest BCUT2D eigenvalue weighted by Gasteiger charge is -2.05. The van der Waals surface area contributed by atoms with Crippen molar-refractivity contribution in [2.45, 2.75) is 13.3 Å². The Balaban J connectivity index is 2.21. The second kappa shape index (κ2) is 4.76. The number of aromatic nitrogens is 1. The Hall–Kier alpha value is -2.29. The summed E-state index contributed by atoms with van der Waals surface area (Å²) in [7, 11) is 0. The Labute approximate surface area is 111 Å². The third-order valence-corrected chi connectivity index (χ3v) is 3.31. The molecular weight excluding hydrogens is 236 g/mol. The molecule has 1 aromatic heterocycles. The van der Waals surface area contributed by atoms with Gasteiger partial charge in [0, 0.05) is 33.9 Å². The van der Waals surface area contributed by atoms with Crippen molar-refractivity contribution in [3.05, 3.63) is 48.0 Å². The van der Waals surface area contributed by atoms with Gasteiger partial charge in [0.05, 0.1) is 0 Å². The van der Waals surface area contributed by atoms with Crippen LogP contribution in [0.3, 0.4) is 0 Å². The van der Waals surface area contributed by atoms with Crippen LogP contribution in [0.2, 0.25) is 0 Å². The van der Waals surface area contributed by atoms with E-state index in [0.717, 1.165) is 33.8 Å². The van der Waals surface area contributed by atoms with Gasteiger partial charge in [-0.3, -0.25) is 4.79 Å². The molecule has 0 spiro atoms. The summed E-state index contributed by atoms with van der Waals surface area (Å²) in [5.41, 5.74) is 2.81.